The van der Waals surface area contributed by atoms with Crippen molar-refractivity contribution in [3.8, 4) is 11.5 Å². The van der Waals surface area contributed by atoms with E-state index in [4.69, 9.17) is 9.47 Å². The Hall–Kier alpha value is -3.16. The highest BCUT2D eigenvalue weighted by molar-refractivity contribution is 5.99. The van der Waals surface area contributed by atoms with Gasteiger partial charge < -0.3 is 9.47 Å². The zero-order valence-electron chi connectivity index (χ0n) is 11.6. The summed E-state index contributed by atoms with van der Waals surface area (Å²) in [4.78, 5) is 31.6. The van der Waals surface area contributed by atoms with Gasteiger partial charge in [0.2, 0.25) is 6.79 Å². The zero-order valence-corrected chi connectivity index (χ0v) is 11.6. The number of aryl methyl sites for hydroxylation is 1. The van der Waals surface area contributed by atoms with Gasteiger partial charge in [-0.15, -0.1) is 0 Å². The number of fused-ring (bicyclic) bond motifs is 1. The van der Waals surface area contributed by atoms with Gasteiger partial charge in [0.25, 0.3) is 11.8 Å². The number of nitrogens with zero attached hydrogens (tertiary/aromatic N) is 2. The third-order valence-electron chi connectivity index (χ3n) is 3.08. The fourth-order valence-electron chi connectivity index (χ4n) is 1.90. The van der Waals surface area contributed by atoms with E-state index in [0.29, 0.717) is 22.8 Å². The second-order valence-corrected chi connectivity index (χ2v) is 4.50. The van der Waals surface area contributed by atoms with Crippen LogP contribution in [0.4, 0.5) is 0 Å². The number of hydrogen-bond donors (Lipinski definition) is 2. The van der Waals surface area contributed by atoms with Crippen molar-refractivity contribution in [1.82, 2.24) is 20.8 Å². The first-order valence-electron chi connectivity index (χ1n) is 6.42. The van der Waals surface area contributed by atoms with Crippen LogP contribution in [-0.4, -0.2) is 28.6 Å². The van der Waals surface area contributed by atoms with Crippen molar-refractivity contribution >= 4 is 11.8 Å². The summed E-state index contributed by atoms with van der Waals surface area (Å²) >= 11 is 0. The maximum atomic E-state index is 12.0. The molecule has 0 atom stereocenters. The number of rotatable bonds is 2. The molecule has 0 spiro atoms. The maximum absolute atomic E-state index is 12.0. The summed E-state index contributed by atoms with van der Waals surface area (Å²) in [6.07, 6.45) is 2.72. The first-order chi connectivity index (χ1) is 10.6. The topological polar surface area (TPSA) is 102 Å². The summed E-state index contributed by atoms with van der Waals surface area (Å²) in [5.41, 5.74) is 5.78. The minimum absolute atomic E-state index is 0.129. The number of ether oxygens (including phenoxy) is 2. The molecule has 8 heteroatoms. The average Bonchev–Trinajstić information content (AvgIpc) is 3.00. The second-order valence-electron chi connectivity index (χ2n) is 4.50. The van der Waals surface area contributed by atoms with Gasteiger partial charge in [-0.2, -0.15) is 0 Å². The van der Waals surface area contributed by atoms with Crippen LogP contribution in [0.1, 0.15) is 26.4 Å². The molecule has 2 heterocycles. The van der Waals surface area contributed by atoms with Crippen molar-refractivity contribution in [2.75, 3.05) is 6.79 Å². The Morgan fingerprint density at radius 3 is 2.73 bits per heavy atom. The Morgan fingerprint density at radius 1 is 1.14 bits per heavy atom. The van der Waals surface area contributed by atoms with Crippen LogP contribution in [0.5, 0.6) is 11.5 Å². The normalized spacial score (nSPS) is 11.9. The minimum atomic E-state index is -0.493. The van der Waals surface area contributed by atoms with Crippen LogP contribution in [0.25, 0.3) is 0 Å². The third-order valence-corrected chi connectivity index (χ3v) is 3.08. The molecule has 0 unspecified atom stereocenters. The number of amides is 2. The molecule has 0 bridgehead atoms. The maximum Gasteiger partial charge on any atom is 0.273 e. The Bertz CT molecular complexity index is 747. The van der Waals surface area contributed by atoms with E-state index in [1.165, 1.54) is 12.5 Å². The van der Waals surface area contributed by atoms with Crippen molar-refractivity contribution < 1.29 is 19.1 Å². The quantitative estimate of drug-likeness (QED) is 0.787. The van der Waals surface area contributed by atoms with Gasteiger partial charge in [0.15, 0.2) is 11.5 Å². The molecule has 0 saturated heterocycles. The largest absolute Gasteiger partial charge is 0.454 e. The molecule has 1 aromatic carbocycles. The lowest BCUT2D eigenvalue weighted by Gasteiger charge is -2.08. The summed E-state index contributed by atoms with van der Waals surface area (Å²) < 4.78 is 10.4. The van der Waals surface area contributed by atoms with E-state index < -0.39 is 11.8 Å². The Kier molecular flexibility index (Phi) is 3.57. The van der Waals surface area contributed by atoms with Gasteiger partial charge in [-0.3, -0.25) is 20.4 Å². The van der Waals surface area contributed by atoms with Crippen molar-refractivity contribution in [1.29, 1.82) is 0 Å². The van der Waals surface area contributed by atoms with Gasteiger partial charge in [0.05, 0.1) is 11.3 Å². The van der Waals surface area contributed by atoms with E-state index in [1.54, 1.807) is 25.1 Å². The summed E-state index contributed by atoms with van der Waals surface area (Å²) in [5, 5.41) is 0. The molecule has 0 radical (unpaired) electrons. The molecule has 1 aromatic heterocycles. The van der Waals surface area contributed by atoms with Crippen LogP contribution in [-0.2, 0) is 0 Å². The minimum Gasteiger partial charge on any atom is -0.454 e. The standard InChI is InChI=1S/C14H12N4O4/c1-8-10(5-15-6-16-8)14(20)18-17-13(19)9-2-3-11-12(4-9)22-7-21-11/h2-6H,7H2,1H3,(H,17,19)(H,18,20). The van der Waals surface area contributed by atoms with Crippen LogP contribution in [0, 0.1) is 6.92 Å². The zero-order chi connectivity index (χ0) is 15.5. The van der Waals surface area contributed by atoms with Crippen LogP contribution >= 0.6 is 0 Å². The first-order valence-corrected chi connectivity index (χ1v) is 6.42. The van der Waals surface area contributed by atoms with E-state index in [0.717, 1.165) is 0 Å². The molecule has 1 aliphatic heterocycles. The molecule has 22 heavy (non-hydrogen) atoms. The van der Waals surface area contributed by atoms with E-state index in [9.17, 15) is 9.59 Å². The molecule has 0 saturated carbocycles. The number of carbonyl (C=O) groups is 2. The summed E-state index contributed by atoms with van der Waals surface area (Å²) in [6, 6.07) is 4.75. The molecular formula is C14H12N4O4. The molecule has 0 fully saturated rings. The molecule has 3 rings (SSSR count). The summed E-state index contributed by atoms with van der Waals surface area (Å²) in [5.74, 6) is 0.109. The van der Waals surface area contributed by atoms with E-state index in [2.05, 4.69) is 20.8 Å². The molecule has 1 aliphatic rings. The summed E-state index contributed by atoms with van der Waals surface area (Å²) in [7, 11) is 0. The lowest BCUT2D eigenvalue weighted by atomic mass is 10.2. The van der Waals surface area contributed by atoms with Gasteiger partial charge in [-0.25, -0.2) is 9.97 Å². The highest BCUT2D eigenvalue weighted by atomic mass is 16.7. The second kappa shape index (κ2) is 5.68. The SMILES string of the molecule is Cc1ncncc1C(=O)NNC(=O)c1ccc2c(c1)OCO2. The molecule has 8 nitrogen and oxygen atoms in total. The number of carbonyl (C=O) groups excluding carboxylic acids is 2. The van der Waals surface area contributed by atoms with E-state index >= 15 is 0 Å². The number of benzene rings is 1. The molecular weight excluding hydrogens is 288 g/mol. The van der Waals surface area contributed by atoms with Crippen molar-refractivity contribution in [3.63, 3.8) is 0 Å². The smallest absolute Gasteiger partial charge is 0.273 e. The number of hydrogen-bond acceptors (Lipinski definition) is 6. The fraction of sp³-hybridized carbons (Fsp3) is 0.143. The Morgan fingerprint density at radius 2 is 1.91 bits per heavy atom. The lowest BCUT2D eigenvalue weighted by molar-refractivity contribution is 0.0845. The van der Waals surface area contributed by atoms with Crippen molar-refractivity contribution in [2.24, 2.45) is 0 Å². The van der Waals surface area contributed by atoms with Gasteiger partial charge in [0, 0.05) is 11.8 Å². The van der Waals surface area contributed by atoms with E-state index in [-0.39, 0.29) is 12.4 Å². The number of nitrogens with one attached hydrogen (secondary N) is 2. The summed E-state index contributed by atoms with van der Waals surface area (Å²) in [6.45, 7) is 1.81. The highest BCUT2D eigenvalue weighted by Crippen LogP contribution is 2.32. The van der Waals surface area contributed by atoms with Crippen LogP contribution in [0.2, 0.25) is 0 Å². The average molecular weight is 300 g/mol. The van der Waals surface area contributed by atoms with Crippen molar-refractivity contribution in [2.45, 2.75) is 6.92 Å². The third kappa shape index (κ3) is 2.66. The number of aromatic nitrogens is 2. The first kappa shape index (κ1) is 13.8. The Labute approximate surface area is 125 Å². The van der Waals surface area contributed by atoms with Crippen LogP contribution < -0.4 is 20.3 Å². The molecule has 2 amide bonds. The van der Waals surface area contributed by atoms with Crippen molar-refractivity contribution in [3.05, 3.63) is 47.5 Å². The lowest BCUT2D eigenvalue weighted by Crippen LogP contribution is -2.42. The highest BCUT2D eigenvalue weighted by Gasteiger charge is 2.17. The molecule has 2 N–H and O–H groups in total. The predicted molar refractivity (Wildman–Crippen MR) is 74.3 cm³/mol. The predicted octanol–water partition coefficient (Wildman–Crippen LogP) is 0.589. The number of hydrazine groups is 1. The molecule has 0 aliphatic carbocycles. The molecule has 112 valence electrons. The van der Waals surface area contributed by atoms with Gasteiger partial charge in [0.1, 0.15) is 6.33 Å². The molecule has 2 aromatic rings. The van der Waals surface area contributed by atoms with Crippen LogP contribution in [0.15, 0.2) is 30.7 Å². The fourth-order valence-corrected chi connectivity index (χ4v) is 1.90. The monoisotopic (exact) mass is 300 g/mol. The van der Waals surface area contributed by atoms with Gasteiger partial charge >= 0.3 is 0 Å². The van der Waals surface area contributed by atoms with E-state index in [1.807, 2.05) is 0 Å². The van der Waals surface area contributed by atoms with Gasteiger partial charge in [-0.05, 0) is 25.1 Å². The Balaban J connectivity index is 1.65. The van der Waals surface area contributed by atoms with Gasteiger partial charge in [-0.1, -0.05) is 0 Å². The van der Waals surface area contributed by atoms with Crippen LogP contribution in [0.3, 0.4) is 0 Å².